The Balaban J connectivity index is 0.990. The van der Waals surface area contributed by atoms with E-state index < -0.39 is 0 Å². The first kappa shape index (κ1) is 51.8. The molecule has 0 saturated carbocycles. The van der Waals surface area contributed by atoms with Gasteiger partial charge >= 0.3 is 0 Å². The molecule has 10 aromatic rings. The molecule has 0 amide bonds. The number of allylic oxidation sites excluding steroid dienone is 20. The van der Waals surface area contributed by atoms with Crippen LogP contribution in [0.4, 0.5) is 0 Å². The van der Waals surface area contributed by atoms with Crippen LogP contribution in [0.5, 0.6) is 0 Å². The van der Waals surface area contributed by atoms with Gasteiger partial charge in [0.15, 0.2) is 0 Å². The van der Waals surface area contributed by atoms with Crippen molar-refractivity contribution in [2.45, 2.75) is 65.2 Å². The van der Waals surface area contributed by atoms with E-state index in [0.29, 0.717) is 5.92 Å². The van der Waals surface area contributed by atoms with Crippen LogP contribution in [0.2, 0.25) is 0 Å². The molecule has 10 aromatic carbocycles. The van der Waals surface area contributed by atoms with Gasteiger partial charge in [0.05, 0.1) is 0 Å². The molecule has 0 N–H and O–H groups in total. The van der Waals surface area contributed by atoms with Crippen molar-refractivity contribution in [3.05, 3.63) is 305 Å². The predicted octanol–water partition coefficient (Wildman–Crippen LogP) is 23.7. The minimum atomic E-state index is 0.000525. The molecule has 0 heterocycles. The maximum Gasteiger partial charge on any atom is 0.0212 e. The summed E-state index contributed by atoms with van der Waals surface area (Å²) >= 11 is 0. The van der Waals surface area contributed by atoms with Gasteiger partial charge < -0.3 is 0 Å². The summed E-state index contributed by atoms with van der Waals surface area (Å²) in [5, 5.41) is 7.77. The lowest BCUT2D eigenvalue weighted by Crippen LogP contribution is -2.18. The summed E-state index contributed by atoms with van der Waals surface area (Å²) in [7, 11) is 0. The molecule has 0 fully saturated rings. The van der Waals surface area contributed by atoms with Crippen LogP contribution in [0, 0.1) is 17.8 Å². The van der Waals surface area contributed by atoms with Gasteiger partial charge in [0.1, 0.15) is 0 Å². The molecule has 0 aliphatic heterocycles. The van der Waals surface area contributed by atoms with E-state index in [1.165, 1.54) is 171 Å². The van der Waals surface area contributed by atoms with Gasteiger partial charge in [0, 0.05) is 11.8 Å². The van der Waals surface area contributed by atoms with Gasteiger partial charge in [-0.3, -0.25) is 0 Å². The fraction of sp³-hybridized carbons (Fsp3) is 0.149. The summed E-state index contributed by atoms with van der Waals surface area (Å²) in [6.07, 6.45) is 36.7. The van der Waals surface area contributed by atoms with Gasteiger partial charge in [-0.15, -0.1) is 0 Å². The first-order valence-corrected chi connectivity index (χ1v) is 31.8. The average Bonchev–Trinajstić information content (AvgIpc) is 1.54. The van der Waals surface area contributed by atoms with Crippen molar-refractivity contribution in [2.75, 3.05) is 0 Å². The summed E-state index contributed by atoms with van der Waals surface area (Å²) in [5.74, 6) is 0.661. The van der Waals surface area contributed by atoms with Crippen LogP contribution in [0.3, 0.4) is 0 Å². The lowest BCUT2D eigenvalue weighted by molar-refractivity contribution is 0.591. The van der Waals surface area contributed by atoms with Crippen LogP contribution < -0.4 is 0 Å². The Morgan fingerprint density at radius 3 is 1.37 bits per heavy atom. The van der Waals surface area contributed by atoms with Crippen molar-refractivity contribution >= 4 is 71.3 Å². The van der Waals surface area contributed by atoms with E-state index in [1.807, 2.05) is 0 Å². The highest BCUT2D eigenvalue weighted by atomic mass is 14.5. The van der Waals surface area contributed by atoms with E-state index in [-0.39, 0.29) is 17.3 Å². The number of hydrogen-bond acceptors (Lipinski definition) is 0. The Morgan fingerprint density at radius 1 is 0.356 bits per heavy atom. The Morgan fingerprint density at radius 2 is 0.828 bits per heavy atom. The Kier molecular flexibility index (Phi) is 12.1. The van der Waals surface area contributed by atoms with Crippen LogP contribution in [0.1, 0.15) is 104 Å². The number of hydrogen-bond donors (Lipinski definition) is 0. The first-order valence-electron chi connectivity index (χ1n) is 31.8. The minimum absolute atomic E-state index is 0.000525. The van der Waals surface area contributed by atoms with Crippen molar-refractivity contribution in [1.82, 2.24) is 0 Å². The molecular formula is C87H68. The molecule has 416 valence electrons. The Hall–Kier alpha value is -9.62. The predicted molar refractivity (Wildman–Crippen MR) is 374 cm³/mol. The van der Waals surface area contributed by atoms with Crippen LogP contribution in [0.15, 0.2) is 261 Å². The molecular weight excluding hydrogens is 1040 g/mol. The number of fused-ring (bicyclic) bond motifs is 9. The van der Waals surface area contributed by atoms with Gasteiger partial charge in [-0.2, -0.15) is 0 Å². The average molecular weight is 1110 g/mol. The zero-order chi connectivity index (χ0) is 58.1. The summed E-state index contributed by atoms with van der Waals surface area (Å²) in [6.45, 7) is 9.37. The molecule has 0 heteroatoms. The SMILES string of the molecule is CC1C=C(c2ccc(-c3c4c(c(-c5ccccc5)c5cc6cc(C(C)(C)C)ccc6cc35)C3=CC=C5c6c(c(-c7ccccc7)c7ccccc7c6-c6ccc(-c7ccccc7)cc6C6=CC=CCC6)C6=CC=C4C3C65)c(C3=CC=CCC3)c2)C=CC1. The zero-order valence-corrected chi connectivity index (χ0v) is 50.1. The normalized spacial score (nSPS) is 18.8. The van der Waals surface area contributed by atoms with E-state index in [1.54, 1.807) is 0 Å². The molecule has 7 aliphatic rings. The Bertz CT molecular complexity index is 4940. The van der Waals surface area contributed by atoms with Crippen LogP contribution in [-0.2, 0) is 5.41 Å². The Labute approximate surface area is 512 Å². The highest BCUT2D eigenvalue weighted by Crippen LogP contribution is 2.69. The second-order valence-electron chi connectivity index (χ2n) is 26.4. The van der Waals surface area contributed by atoms with Crippen LogP contribution in [-0.4, -0.2) is 0 Å². The first-order chi connectivity index (χ1) is 42.7. The monoisotopic (exact) mass is 1110 g/mol. The van der Waals surface area contributed by atoms with Crippen LogP contribution >= 0.6 is 0 Å². The standard InChI is InChI=1S/C87H68/c1-53-23-22-34-59(47-53)61-39-42-68(74(50-61)56-28-14-7-15-29-56)80-76-51-62-37-40-64(87(2,3)4)48-63(62)52-75(76)78(58-32-18-9-19-33-58)84-70-44-45-71-81-69(43-46-72(82(70)81)86(80)84)83-77(57-30-16-8-17-31-57)65-35-20-21-36-66(65)79(85(71)83)67-41-38-60(54-24-10-5-11-25-54)49-73(67)55-26-12-6-13-27-55/h5-12,14,16-22,24-26,28,30-53,81-82H,13,15,23,27,29H2,1-4H3. The zero-order valence-electron chi connectivity index (χ0n) is 50.1. The van der Waals surface area contributed by atoms with Crippen molar-refractivity contribution in [3.63, 3.8) is 0 Å². The maximum absolute atomic E-state index is 2.59. The smallest absolute Gasteiger partial charge is 0.0212 e. The topological polar surface area (TPSA) is 0 Å². The fourth-order valence-corrected chi connectivity index (χ4v) is 16.2. The van der Waals surface area contributed by atoms with Crippen molar-refractivity contribution < 1.29 is 0 Å². The van der Waals surface area contributed by atoms with E-state index in [9.17, 15) is 0 Å². The second kappa shape index (κ2) is 20.3. The molecule has 0 spiro atoms. The molecule has 87 heavy (non-hydrogen) atoms. The summed E-state index contributed by atoms with van der Waals surface area (Å²) in [6, 6.07) is 70.3. The van der Waals surface area contributed by atoms with Crippen LogP contribution in [0.25, 0.3) is 127 Å². The van der Waals surface area contributed by atoms with Gasteiger partial charge in [0.25, 0.3) is 0 Å². The molecule has 3 unspecified atom stereocenters. The van der Waals surface area contributed by atoms with E-state index in [2.05, 4.69) is 289 Å². The lowest BCUT2D eigenvalue weighted by Gasteiger charge is -2.31. The quantitative estimate of drug-likeness (QED) is 0.133. The summed E-state index contributed by atoms with van der Waals surface area (Å²) in [4.78, 5) is 0. The van der Waals surface area contributed by atoms with Gasteiger partial charge in [-0.1, -0.05) is 264 Å². The summed E-state index contributed by atoms with van der Waals surface area (Å²) in [5.41, 5.74) is 33.7. The van der Waals surface area contributed by atoms with E-state index in [0.717, 1.165) is 32.1 Å². The van der Waals surface area contributed by atoms with Gasteiger partial charge in [-0.05, 0) is 239 Å². The minimum Gasteiger partial charge on any atom is -0.0842 e. The molecule has 3 atom stereocenters. The molecule has 0 aromatic heterocycles. The van der Waals surface area contributed by atoms with E-state index in [4.69, 9.17) is 0 Å². The molecule has 7 aliphatic carbocycles. The third-order valence-electron chi connectivity index (χ3n) is 20.2. The fourth-order valence-electron chi connectivity index (χ4n) is 16.2. The third kappa shape index (κ3) is 8.25. The van der Waals surface area contributed by atoms with Crippen molar-refractivity contribution in [2.24, 2.45) is 17.8 Å². The molecule has 0 nitrogen and oxygen atoms in total. The second-order valence-corrected chi connectivity index (χ2v) is 26.4. The van der Waals surface area contributed by atoms with Crippen molar-refractivity contribution in [1.29, 1.82) is 0 Å². The lowest BCUT2D eigenvalue weighted by atomic mass is 9.71. The molecule has 0 radical (unpaired) electrons. The summed E-state index contributed by atoms with van der Waals surface area (Å²) < 4.78 is 0. The molecule has 0 saturated heterocycles. The van der Waals surface area contributed by atoms with Gasteiger partial charge in [0.2, 0.25) is 0 Å². The highest BCUT2D eigenvalue weighted by Gasteiger charge is 2.51. The molecule has 0 bridgehead atoms. The van der Waals surface area contributed by atoms with Crippen molar-refractivity contribution in [3.8, 4) is 55.6 Å². The number of benzene rings is 10. The molecule has 17 rings (SSSR count). The van der Waals surface area contributed by atoms with Gasteiger partial charge in [-0.25, -0.2) is 0 Å². The van der Waals surface area contributed by atoms with E-state index >= 15 is 0 Å². The maximum atomic E-state index is 2.59. The largest absolute Gasteiger partial charge is 0.0842 e. The highest BCUT2D eigenvalue weighted by molar-refractivity contribution is 6.25. The number of rotatable bonds is 8. The third-order valence-corrected chi connectivity index (χ3v) is 20.2.